The fraction of sp³-hybridized carbons (Fsp3) is 0.385. The SMILES string of the molecule is C=CC(=O)N1CC(CC(=O)Cn2c(C)c(-c3cncnc3C(C)C)c3cc(Cl)cc(C)c32)C1. The molecule has 0 bridgehead atoms. The van der Waals surface area contributed by atoms with Gasteiger partial charge in [-0.3, -0.25) is 9.59 Å². The molecule has 172 valence electrons. The summed E-state index contributed by atoms with van der Waals surface area (Å²) >= 11 is 6.45. The molecule has 2 aromatic heterocycles. The van der Waals surface area contributed by atoms with E-state index in [-0.39, 0.29) is 30.1 Å². The van der Waals surface area contributed by atoms with Crippen molar-refractivity contribution in [2.24, 2.45) is 5.92 Å². The van der Waals surface area contributed by atoms with Crippen LogP contribution in [0.15, 0.2) is 37.3 Å². The number of nitrogens with zero attached hydrogens (tertiary/aromatic N) is 4. The van der Waals surface area contributed by atoms with Gasteiger partial charge >= 0.3 is 0 Å². The monoisotopic (exact) mass is 464 g/mol. The van der Waals surface area contributed by atoms with Crippen LogP contribution >= 0.6 is 11.6 Å². The Balaban J connectivity index is 1.71. The minimum atomic E-state index is -0.0749. The van der Waals surface area contributed by atoms with Gasteiger partial charge in [0.1, 0.15) is 6.33 Å². The number of fused-ring (bicyclic) bond motifs is 1. The molecule has 33 heavy (non-hydrogen) atoms. The van der Waals surface area contributed by atoms with Crippen LogP contribution in [-0.2, 0) is 16.1 Å². The number of halogens is 1. The van der Waals surface area contributed by atoms with Crippen molar-refractivity contribution in [2.45, 2.75) is 46.6 Å². The summed E-state index contributed by atoms with van der Waals surface area (Å²) in [6.45, 7) is 13.3. The summed E-state index contributed by atoms with van der Waals surface area (Å²) in [7, 11) is 0. The fourth-order valence-corrected chi connectivity index (χ4v) is 5.15. The van der Waals surface area contributed by atoms with Crippen molar-refractivity contribution >= 4 is 34.2 Å². The van der Waals surface area contributed by atoms with Gasteiger partial charge in [0.25, 0.3) is 0 Å². The van der Waals surface area contributed by atoms with E-state index in [1.165, 1.54) is 6.08 Å². The number of benzene rings is 1. The third-order valence-corrected chi connectivity index (χ3v) is 6.64. The van der Waals surface area contributed by atoms with E-state index in [2.05, 4.69) is 35.0 Å². The van der Waals surface area contributed by atoms with Gasteiger partial charge in [-0.15, -0.1) is 0 Å². The predicted octanol–water partition coefficient (Wildman–Crippen LogP) is 5.10. The number of carbonyl (C=O) groups excluding carboxylic acids is 2. The summed E-state index contributed by atoms with van der Waals surface area (Å²) in [5.41, 5.74) is 6.00. The molecule has 0 unspecified atom stereocenters. The Morgan fingerprint density at radius 1 is 1.27 bits per heavy atom. The van der Waals surface area contributed by atoms with Gasteiger partial charge in [0.05, 0.1) is 17.8 Å². The summed E-state index contributed by atoms with van der Waals surface area (Å²) in [6, 6.07) is 3.90. The first kappa shape index (κ1) is 23.2. The van der Waals surface area contributed by atoms with E-state index in [4.69, 9.17) is 11.6 Å². The molecule has 1 amide bonds. The normalized spacial score (nSPS) is 14.1. The molecule has 0 aliphatic carbocycles. The number of likely N-dealkylation sites (tertiary alicyclic amines) is 1. The van der Waals surface area contributed by atoms with Crippen LogP contribution in [0.5, 0.6) is 0 Å². The second-order valence-electron chi connectivity index (χ2n) is 9.20. The number of rotatable bonds is 7. The van der Waals surface area contributed by atoms with Crippen molar-refractivity contribution in [3.05, 3.63) is 59.3 Å². The molecule has 1 aromatic carbocycles. The van der Waals surface area contributed by atoms with Crippen LogP contribution in [0, 0.1) is 19.8 Å². The highest BCUT2D eigenvalue weighted by Gasteiger charge is 2.31. The molecule has 1 saturated heterocycles. The number of ketones is 1. The standard InChI is InChI=1S/C26H29ClN4O2/c1-6-23(33)30-11-18(12-30)8-20(32)13-31-17(5)24(21-9-19(27)7-16(4)26(21)31)22-10-28-14-29-25(22)15(2)3/h6-7,9-10,14-15,18H,1,8,11-13H2,2-5H3. The fourth-order valence-electron chi connectivity index (χ4n) is 4.88. The third-order valence-electron chi connectivity index (χ3n) is 6.42. The van der Waals surface area contributed by atoms with E-state index in [0.29, 0.717) is 24.5 Å². The smallest absolute Gasteiger partial charge is 0.245 e. The predicted molar refractivity (Wildman–Crippen MR) is 131 cm³/mol. The van der Waals surface area contributed by atoms with Crippen LogP contribution in [0.4, 0.5) is 0 Å². The van der Waals surface area contributed by atoms with Crippen molar-refractivity contribution in [1.82, 2.24) is 19.4 Å². The van der Waals surface area contributed by atoms with Gasteiger partial charge in [-0.2, -0.15) is 0 Å². The van der Waals surface area contributed by atoms with Crippen LogP contribution in [0.1, 0.15) is 43.1 Å². The molecule has 0 saturated carbocycles. The van der Waals surface area contributed by atoms with Crippen molar-refractivity contribution in [1.29, 1.82) is 0 Å². The maximum absolute atomic E-state index is 13.1. The van der Waals surface area contributed by atoms with Crippen LogP contribution in [0.25, 0.3) is 22.0 Å². The van der Waals surface area contributed by atoms with Crippen LogP contribution in [0.2, 0.25) is 5.02 Å². The highest BCUT2D eigenvalue weighted by molar-refractivity contribution is 6.31. The molecule has 4 rings (SSSR count). The van der Waals surface area contributed by atoms with E-state index >= 15 is 0 Å². The molecule has 0 N–H and O–H groups in total. The van der Waals surface area contributed by atoms with Gasteiger partial charge in [0.15, 0.2) is 5.78 Å². The topological polar surface area (TPSA) is 68.1 Å². The van der Waals surface area contributed by atoms with Gasteiger partial charge in [-0.25, -0.2) is 9.97 Å². The van der Waals surface area contributed by atoms with Crippen LogP contribution < -0.4 is 0 Å². The zero-order valence-electron chi connectivity index (χ0n) is 19.6. The summed E-state index contributed by atoms with van der Waals surface area (Å²) in [5, 5.41) is 1.67. The van der Waals surface area contributed by atoms with E-state index in [1.807, 2.05) is 32.2 Å². The first-order valence-corrected chi connectivity index (χ1v) is 11.6. The number of aromatic nitrogens is 3. The first-order chi connectivity index (χ1) is 15.7. The minimum Gasteiger partial charge on any atom is -0.338 e. The van der Waals surface area contributed by atoms with Gasteiger partial charge in [-0.05, 0) is 43.5 Å². The second kappa shape index (κ2) is 9.10. The van der Waals surface area contributed by atoms with Gasteiger partial charge in [-0.1, -0.05) is 32.0 Å². The second-order valence-corrected chi connectivity index (χ2v) is 9.63. The van der Waals surface area contributed by atoms with E-state index < -0.39 is 0 Å². The Morgan fingerprint density at radius 2 is 2.00 bits per heavy atom. The molecule has 6 nitrogen and oxygen atoms in total. The van der Waals surface area contributed by atoms with E-state index in [0.717, 1.165) is 39.0 Å². The summed E-state index contributed by atoms with van der Waals surface area (Å²) in [4.78, 5) is 35.3. The Kier molecular flexibility index (Phi) is 6.39. The highest BCUT2D eigenvalue weighted by Crippen LogP contribution is 2.40. The number of Topliss-reactive ketones (excluding diaryl/α,β-unsaturated/α-hetero) is 1. The van der Waals surface area contributed by atoms with Gasteiger partial charge in [0.2, 0.25) is 5.91 Å². The Bertz CT molecular complexity index is 1250. The van der Waals surface area contributed by atoms with Crippen molar-refractivity contribution < 1.29 is 9.59 Å². The molecule has 0 atom stereocenters. The zero-order valence-corrected chi connectivity index (χ0v) is 20.3. The maximum atomic E-state index is 13.1. The molecule has 1 fully saturated rings. The van der Waals surface area contributed by atoms with Gasteiger partial charge in [0, 0.05) is 58.9 Å². The average molecular weight is 465 g/mol. The lowest BCUT2D eigenvalue weighted by Crippen LogP contribution is -2.50. The lowest BCUT2D eigenvalue weighted by molar-refractivity contribution is -0.134. The molecular formula is C26H29ClN4O2. The number of hydrogen-bond donors (Lipinski definition) is 0. The minimum absolute atomic E-state index is 0.0749. The van der Waals surface area contributed by atoms with Crippen molar-refractivity contribution in [3.63, 3.8) is 0 Å². The molecular weight excluding hydrogens is 436 g/mol. The Hall–Kier alpha value is -2.99. The summed E-state index contributed by atoms with van der Waals surface area (Å²) in [6.07, 6.45) is 5.20. The van der Waals surface area contributed by atoms with Crippen LogP contribution in [-0.4, -0.2) is 44.2 Å². The zero-order chi connectivity index (χ0) is 23.9. The average Bonchev–Trinajstić information content (AvgIpc) is 3.01. The molecule has 0 spiro atoms. The molecule has 1 aliphatic rings. The van der Waals surface area contributed by atoms with E-state index in [9.17, 15) is 9.59 Å². The van der Waals surface area contributed by atoms with E-state index in [1.54, 1.807) is 11.2 Å². The molecule has 1 aliphatic heterocycles. The first-order valence-electron chi connectivity index (χ1n) is 11.2. The number of carbonyl (C=O) groups is 2. The highest BCUT2D eigenvalue weighted by atomic mass is 35.5. The van der Waals surface area contributed by atoms with Crippen molar-refractivity contribution in [3.8, 4) is 11.1 Å². The molecule has 0 radical (unpaired) electrons. The van der Waals surface area contributed by atoms with Crippen LogP contribution in [0.3, 0.4) is 0 Å². The number of amides is 1. The summed E-state index contributed by atoms with van der Waals surface area (Å²) in [5.74, 6) is 0.505. The summed E-state index contributed by atoms with van der Waals surface area (Å²) < 4.78 is 2.10. The molecule has 7 heteroatoms. The Labute approximate surface area is 199 Å². The Morgan fingerprint density at radius 3 is 2.67 bits per heavy atom. The largest absolute Gasteiger partial charge is 0.338 e. The maximum Gasteiger partial charge on any atom is 0.245 e. The van der Waals surface area contributed by atoms with Gasteiger partial charge < -0.3 is 9.47 Å². The lowest BCUT2D eigenvalue weighted by atomic mass is 9.94. The lowest BCUT2D eigenvalue weighted by Gasteiger charge is -2.38. The molecule has 3 heterocycles. The number of aryl methyl sites for hydroxylation is 1. The quantitative estimate of drug-likeness (QED) is 0.456. The number of hydrogen-bond acceptors (Lipinski definition) is 4. The molecule has 3 aromatic rings. The third kappa shape index (κ3) is 4.32. The van der Waals surface area contributed by atoms with Crippen molar-refractivity contribution in [2.75, 3.05) is 13.1 Å².